The number of aliphatic hydroxyl groups excluding tert-OH is 1. The van der Waals surface area contributed by atoms with Gasteiger partial charge in [0.25, 0.3) is 5.91 Å². The third kappa shape index (κ3) is 4.90. The number of hydrogen-bond donors (Lipinski definition) is 2. The smallest absolute Gasteiger partial charge is 0.337 e. The average molecular weight is 435 g/mol. The molecule has 2 aromatic rings. The van der Waals surface area contributed by atoms with Crippen molar-refractivity contribution < 1.29 is 28.6 Å². The molecule has 0 saturated heterocycles. The van der Waals surface area contributed by atoms with Gasteiger partial charge in [-0.25, -0.2) is 9.18 Å². The first-order valence-corrected chi connectivity index (χ1v) is 9.46. The highest BCUT2D eigenvalue weighted by atomic mass is 35.5. The maximum Gasteiger partial charge on any atom is 0.337 e. The van der Waals surface area contributed by atoms with Crippen LogP contribution >= 0.6 is 11.6 Å². The number of nitrogens with one attached hydrogen (secondary N) is 1. The maximum absolute atomic E-state index is 13.3. The van der Waals surface area contributed by atoms with E-state index >= 15 is 0 Å². The van der Waals surface area contributed by atoms with E-state index in [1.165, 1.54) is 24.1 Å². The summed E-state index contributed by atoms with van der Waals surface area (Å²) in [5, 5.41) is 12.3. The Morgan fingerprint density at radius 2 is 2.10 bits per heavy atom. The molecule has 7 nitrogen and oxygen atoms in total. The Morgan fingerprint density at radius 3 is 2.77 bits per heavy atom. The molecule has 0 saturated carbocycles. The predicted molar refractivity (Wildman–Crippen MR) is 109 cm³/mol. The molecule has 0 radical (unpaired) electrons. The second kappa shape index (κ2) is 9.60. The van der Waals surface area contributed by atoms with Crippen molar-refractivity contribution in [3.05, 3.63) is 70.1 Å². The molecule has 0 unspecified atom stereocenters. The van der Waals surface area contributed by atoms with Crippen LogP contribution in [0.4, 0.5) is 10.1 Å². The van der Waals surface area contributed by atoms with Gasteiger partial charge in [0.2, 0.25) is 0 Å². The minimum atomic E-state index is -0.632. The van der Waals surface area contributed by atoms with Gasteiger partial charge in [0.15, 0.2) is 0 Å². The normalized spacial score (nSPS) is 13.6. The van der Waals surface area contributed by atoms with E-state index in [1.54, 1.807) is 30.3 Å². The summed E-state index contributed by atoms with van der Waals surface area (Å²) in [6.45, 7) is 0.0439. The minimum Gasteiger partial charge on any atom is -0.487 e. The van der Waals surface area contributed by atoms with Crippen LogP contribution in [-0.4, -0.2) is 48.7 Å². The van der Waals surface area contributed by atoms with Gasteiger partial charge >= 0.3 is 5.97 Å². The van der Waals surface area contributed by atoms with Crippen molar-refractivity contribution in [2.45, 2.75) is 6.61 Å². The average Bonchev–Trinajstić information content (AvgIpc) is 3.03. The van der Waals surface area contributed by atoms with Crippen LogP contribution in [0.25, 0.3) is 0 Å². The van der Waals surface area contributed by atoms with Crippen molar-refractivity contribution in [3.63, 3.8) is 0 Å². The number of benzene rings is 2. The number of amides is 1. The van der Waals surface area contributed by atoms with E-state index in [0.29, 0.717) is 17.0 Å². The number of rotatable bonds is 8. The lowest BCUT2D eigenvalue weighted by Crippen LogP contribution is -2.31. The third-order valence-electron chi connectivity index (χ3n) is 4.44. The summed E-state index contributed by atoms with van der Waals surface area (Å²) in [5.41, 5.74) is 1.36. The molecule has 1 aliphatic heterocycles. The summed E-state index contributed by atoms with van der Waals surface area (Å²) >= 11 is 6.28. The molecule has 0 aromatic heterocycles. The Morgan fingerprint density at radius 1 is 1.30 bits per heavy atom. The fourth-order valence-corrected chi connectivity index (χ4v) is 3.21. The molecule has 30 heavy (non-hydrogen) atoms. The molecule has 1 heterocycles. The molecule has 3 rings (SSSR count). The van der Waals surface area contributed by atoms with Crippen molar-refractivity contribution in [2.75, 3.05) is 32.1 Å². The largest absolute Gasteiger partial charge is 0.487 e. The van der Waals surface area contributed by atoms with Crippen molar-refractivity contribution in [1.29, 1.82) is 0 Å². The van der Waals surface area contributed by atoms with Crippen LogP contribution in [0.2, 0.25) is 5.02 Å². The summed E-state index contributed by atoms with van der Waals surface area (Å²) in [4.78, 5) is 25.9. The van der Waals surface area contributed by atoms with Crippen molar-refractivity contribution in [1.82, 2.24) is 4.90 Å². The lowest BCUT2D eigenvalue weighted by molar-refractivity contribution is -0.136. The van der Waals surface area contributed by atoms with Crippen molar-refractivity contribution in [3.8, 4) is 5.75 Å². The van der Waals surface area contributed by atoms with Gasteiger partial charge in [0.05, 0.1) is 30.9 Å². The summed E-state index contributed by atoms with van der Waals surface area (Å²) in [6, 6.07) is 10.8. The number of carbonyl (C=O) groups excluding carboxylic acids is 2. The molecule has 1 aliphatic rings. The zero-order valence-electron chi connectivity index (χ0n) is 16.2. The number of β-amino-alcohol motifs (C(OH)–C–C–N with tert-alkyl or cyclic N) is 1. The zero-order valence-corrected chi connectivity index (χ0v) is 16.9. The number of nitrogens with zero attached hydrogens (tertiary/aromatic N) is 1. The highest BCUT2D eigenvalue weighted by Gasteiger charge is 2.34. The monoisotopic (exact) mass is 434 g/mol. The van der Waals surface area contributed by atoms with Gasteiger partial charge in [-0.15, -0.1) is 0 Å². The number of anilines is 1. The first-order chi connectivity index (χ1) is 14.4. The molecule has 2 aromatic carbocycles. The summed E-state index contributed by atoms with van der Waals surface area (Å²) in [7, 11) is 1.23. The number of hydrogen-bond acceptors (Lipinski definition) is 6. The molecule has 158 valence electrons. The van der Waals surface area contributed by atoms with Gasteiger partial charge in [-0.2, -0.15) is 0 Å². The number of halogens is 2. The number of carbonyl (C=O) groups is 2. The first kappa shape index (κ1) is 21.6. The first-order valence-electron chi connectivity index (χ1n) is 9.08. The van der Waals surface area contributed by atoms with Crippen LogP contribution in [0.5, 0.6) is 5.75 Å². The Bertz CT molecular complexity index is 995. The number of aliphatic hydroxyl groups is 1. The third-order valence-corrected chi connectivity index (χ3v) is 4.73. The highest BCUT2D eigenvalue weighted by Crippen LogP contribution is 2.30. The Kier molecular flexibility index (Phi) is 6.91. The molecule has 0 bridgehead atoms. The molecule has 0 atom stereocenters. The van der Waals surface area contributed by atoms with E-state index in [0.717, 1.165) is 0 Å². The zero-order chi connectivity index (χ0) is 21.7. The summed E-state index contributed by atoms with van der Waals surface area (Å²) < 4.78 is 23.7. The van der Waals surface area contributed by atoms with Crippen LogP contribution in [0.15, 0.2) is 53.7 Å². The minimum absolute atomic E-state index is 0.0387. The summed E-state index contributed by atoms with van der Waals surface area (Å²) in [6.07, 6.45) is 0. The van der Waals surface area contributed by atoms with Gasteiger partial charge in [0.1, 0.15) is 23.9 Å². The van der Waals surface area contributed by atoms with Crippen LogP contribution in [0.3, 0.4) is 0 Å². The quantitative estimate of drug-likeness (QED) is 0.621. The number of methoxy groups -OCH3 is 1. The maximum atomic E-state index is 13.3. The number of esters is 1. The predicted octanol–water partition coefficient (Wildman–Crippen LogP) is 2.73. The van der Waals surface area contributed by atoms with Crippen LogP contribution < -0.4 is 10.1 Å². The fraction of sp³-hybridized carbons (Fsp3) is 0.238. The van der Waals surface area contributed by atoms with Gasteiger partial charge in [-0.3, -0.25) is 4.79 Å². The summed E-state index contributed by atoms with van der Waals surface area (Å²) in [5.74, 6) is -1.03. The van der Waals surface area contributed by atoms with E-state index in [2.05, 4.69) is 5.32 Å². The van der Waals surface area contributed by atoms with Gasteiger partial charge < -0.3 is 24.8 Å². The van der Waals surface area contributed by atoms with Crippen molar-refractivity contribution in [2.24, 2.45) is 0 Å². The van der Waals surface area contributed by atoms with E-state index in [4.69, 9.17) is 26.2 Å². The van der Waals surface area contributed by atoms with Crippen LogP contribution in [0, 0.1) is 5.82 Å². The van der Waals surface area contributed by atoms with E-state index in [9.17, 15) is 14.0 Å². The second-order valence-electron chi connectivity index (χ2n) is 6.48. The molecule has 0 fully saturated rings. The SMILES string of the molecule is COC(=O)C1=C(Nc2ccc(OCc3cccc(F)c3)c(Cl)c2)C(=O)N(CCO)C1. The lowest BCUT2D eigenvalue weighted by atomic mass is 10.2. The molecule has 0 aliphatic carbocycles. The Labute approximate surface area is 177 Å². The van der Waals surface area contributed by atoms with Crippen LogP contribution in [-0.2, 0) is 20.9 Å². The van der Waals surface area contributed by atoms with Gasteiger partial charge in [-0.05, 0) is 35.9 Å². The molecule has 2 N–H and O–H groups in total. The van der Waals surface area contributed by atoms with Gasteiger partial charge in [0, 0.05) is 12.2 Å². The lowest BCUT2D eigenvalue weighted by Gasteiger charge is -2.15. The van der Waals surface area contributed by atoms with E-state index < -0.39 is 11.9 Å². The van der Waals surface area contributed by atoms with Crippen LogP contribution in [0.1, 0.15) is 5.56 Å². The standard InChI is InChI=1S/C21H20ClFN2O5/c1-29-21(28)16-11-25(7-8-26)20(27)19(16)24-15-5-6-18(17(22)10-15)30-12-13-3-2-4-14(23)9-13/h2-6,9-10,24,26H,7-8,11-12H2,1H3. The molecule has 0 spiro atoms. The molecular weight excluding hydrogens is 415 g/mol. The molecular formula is C21H20ClFN2O5. The number of ether oxygens (including phenoxy) is 2. The van der Waals surface area contributed by atoms with Gasteiger partial charge in [-0.1, -0.05) is 23.7 Å². The fourth-order valence-electron chi connectivity index (χ4n) is 2.98. The molecule has 1 amide bonds. The Hall–Kier alpha value is -3.10. The van der Waals surface area contributed by atoms with E-state index in [1.807, 2.05) is 0 Å². The highest BCUT2D eigenvalue weighted by molar-refractivity contribution is 6.32. The Balaban J connectivity index is 1.75. The molecule has 9 heteroatoms. The second-order valence-corrected chi connectivity index (χ2v) is 6.89. The topological polar surface area (TPSA) is 88.1 Å². The van der Waals surface area contributed by atoms with Crippen molar-refractivity contribution >= 4 is 29.2 Å². The van der Waals surface area contributed by atoms with E-state index in [-0.39, 0.29) is 48.4 Å².